The monoisotopic (exact) mass is 465 g/mol. The number of nitrogens with zero attached hydrogens (tertiary/aromatic N) is 3. The molecule has 1 atom stereocenters. The number of halogens is 3. The summed E-state index contributed by atoms with van der Waals surface area (Å²) in [5.41, 5.74) is 1.02. The van der Waals surface area contributed by atoms with Gasteiger partial charge in [-0.1, -0.05) is 26.0 Å². The quantitative estimate of drug-likeness (QED) is 0.658. The number of alkyl halides is 3. The van der Waals surface area contributed by atoms with E-state index >= 15 is 0 Å². The van der Waals surface area contributed by atoms with Crippen LogP contribution >= 0.6 is 0 Å². The van der Waals surface area contributed by atoms with Crippen molar-refractivity contribution >= 4 is 15.5 Å². The lowest BCUT2D eigenvalue weighted by molar-refractivity contribution is -0.137. The number of piperazine rings is 1. The standard InChI is InChI=1S/C23H26F3N3O2S/c1-16(2)21-15-28(20-9-6-18(13-27)22(12-20)32(3,30)31)10-11-29(21)14-17-4-7-19(8-5-17)23(24,25)26/h4-9,12,16,21H,10-11,14-15H2,1-3H3. The van der Waals surface area contributed by atoms with Crippen molar-refractivity contribution in [2.45, 2.75) is 37.5 Å². The Labute approximate surface area is 187 Å². The van der Waals surface area contributed by atoms with Crippen molar-refractivity contribution in [3.05, 3.63) is 59.2 Å². The van der Waals surface area contributed by atoms with Crippen LogP contribution in [0.2, 0.25) is 0 Å². The molecule has 3 rings (SSSR count). The van der Waals surface area contributed by atoms with Gasteiger partial charge in [-0.05, 0) is 41.8 Å². The average molecular weight is 466 g/mol. The minimum atomic E-state index is -4.35. The van der Waals surface area contributed by atoms with E-state index in [0.29, 0.717) is 26.2 Å². The molecule has 0 N–H and O–H groups in total. The molecule has 0 aliphatic carbocycles. The molecule has 0 aromatic heterocycles. The maximum absolute atomic E-state index is 12.8. The first-order valence-corrected chi connectivity index (χ1v) is 12.2. The molecule has 1 unspecified atom stereocenters. The Morgan fingerprint density at radius 2 is 1.78 bits per heavy atom. The SMILES string of the molecule is CC(C)C1CN(c2ccc(C#N)c(S(C)(=O)=O)c2)CCN1Cc1ccc(C(F)(F)F)cc1. The van der Waals surface area contributed by atoms with Gasteiger partial charge in [0, 0.05) is 44.2 Å². The largest absolute Gasteiger partial charge is 0.416 e. The minimum absolute atomic E-state index is 0.0192. The Kier molecular flexibility index (Phi) is 6.86. The lowest BCUT2D eigenvalue weighted by Crippen LogP contribution is -2.54. The minimum Gasteiger partial charge on any atom is -0.369 e. The molecule has 1 saturated heterocycles. The second-order valence-corrected chi connectivity index (χ2v) is 10.5. The molecule has 32 heavy (non-hydrogen) atoms. The van der Waals surface area contributed by atoms with Crippen molar-refractivity contribution in [2.24, 2.45) is 5.92 Å². The predicted molar refractivity (Wildman–Crippen MR) is 117 cm³/mol. The van der Waals surface area contributed by atoms with E-state index in [-0.39, 0.29) is 22.4 Å². The van der Waals surface area contributed by atoms with Crippen LogP contribution in [0.4, 0.5) is 18.9 Å². The van der Waals surface area contributed by atoms with Crippen molar-refractivity contribution < 1.29 is 21.6 Å². The van der Waals surface area contributed by atoms with Gasteiger partial charge in [0.25, 0.3) is 0 Å². The van der Waals surface area contributed by atoms with Crippen LogP contribution in [-0.2, 0) is 22.6 Å². The molecule has 1 heterocycles. The van der Waals surface area contributed by atoms with Crippen LogP contribution in [-0.4, -0.2) is 45.2 Å². The van der Waals surface area contributed by atoms with Gasteiger partial charge >= 0.3 is 6.18 Å². The fraction of sp³-hybridized carbons (Fsp3) is 0.435. The average Bonchev–Trinajstić information content (AvgIpc) is 2.72. The van der Waals surface area contributed by atoms with Crippen LogP contribution in [0.5, 0.6) is 0 Å². The number of benzene rings is 2. The third-order valence-corrected chi connectivity index (χ3v) is 6.96. The van der Waals surface area contributed by atoms with Gasteiger partial charge < -0.3 is 4.90 Å². The van der Waals surface area contributed by atoms with Crippen molar-refractivity contribution in [2.75, 3.05) is 30.8 Å². The summed E-state index contributed by atoms with van der Waals surface area (Å²) in [5.74, 6) is 0.278. The number of rotatable bonds is 5. The number of sulfone groups is 1. The van der Waals surface area contributed by atoms with Gasteiger partial charge in [0.05, 0.1) is 16.0 Å². The maximum Gasteiger partial charge on any atom is 0.416 e. The summed E-state index contributed by atoms with van der Waals surface area (Å²) in [5, 5.41) is 9.24. The van der Waals surface area contributed by atoms with Crippen LogP contribution in [0.1, 0.15) is 30.5 Å². The van der Waals surface area contributed by atoms with Gasteiger partial charge in [-0.2, -0.15) is 18.4 Å². The highest BCUT2D eigenvalue weighted by atomic mass is 32.2. The first-order chi connectivity index (χ1) is 14.9. The Morgan fingerprint density at radius 3 is 2.31 bits per heavy atom. The zero-order valence-electron chi connectivity index (χ0n) is 18.2. The van der Waals surface area contributed by atoms with Crippen molar-refractivity contribution in [3.63, 3.8) is 0 Å². The predicted octanol–water partition coefficient (Wildman–Crippen LogP) is 4.33. The van der Waals surface area contributed by atoms with E-state index in [1.54, 1.807) is 12.1 Å². The van der Waals surface area contributed by atoms with Gasteiger partial charge in [0.2, 0.25) is 0 Å². The first kappa shape index (κ1) is 24.1. The van der Waals surface area contributed by atoms with Gasteiger partial charge in [-0.3, -0.25) is 4.90 Å². The van der Waals surface area contributed by atoms with Gasteiger partial charge in [-0.15, -0.1) is 0 Å². The zero-order chi connectivity index (χ0) is 23.7. The summed E-state index contributed by atoms with van der Waals surface area (Å²) in [6.45, 7) is 6.68. The van der Waals surface area contributed by atoms with Gasteiger partial charge in [-0.25, -0.2) is 8.42 Å². The Balaban J connectivity index is 1.79. The number of anilines is 1. The highest BCUT2D eigenvalue weighted by Gasteiger charge is 2.32. The summed E-state index contributed by atoms with van der Waals surface area (Å²) in [4.78, 5) is 4.38. The summed E-state index contributed by atoms with van der Waals surface area (Å²) in [7, 11) is -3.54. The van der Waals surface area contributed by atoms with Crippen LogP contribution in [0.15, 0.2) is 47.4 Å². The van der Waals surface area contributed by atoms with Gasteiger partial charge in [0.15, 0.2) is 9.84 Å². The molecule has 0 spiro atoms. The van der Waals surface area contributed by atoms with E-state index in [0.717, 1.165) is 29.6 Å². The maximum atomic E-state index is 12.8. The molecular weight excluding hydrogens is 439 g/mol. The summed E-state index contributed by atoms with van der Waals surface area (Å²) >= 11 is 0. The molecule has 2 aromatic carbocycles. The molecule has 172 valence electrons. The fourth-order valence-electron chi connectivity index (χ4n) is 4.05. The van der Waals surface area contributed by atoms with Gasteiger partial charge in [0.1, 0.15) is 6.07 Å². The Bertz CT molecular complexity index is 1110. The molecule has 1 aliphatic rings. The van der Waals surface area contributed by atoms with Crippen molar-refractivity contribution in [3.8, 4) is 6.07 Å². The normalized spacial score (nSPS) is 18.1. The number of hydrogen-bond donors (Lipinski definition) is 0. The molecule has 2 aromatic rings. The third-order valence-electron chi connectivity index (χ3n) is 5.82. The van der Waals surface area contributed by atoms with E-state index in [1.165, 1.54) is 18.2 Å². The molecular formula is C23H26F3N3O2S. The van der Waals surface area contributed by atoms with Crippen molar-refractivity contribution in [1.29, 1.82) is 5.26 Å². The first-order valence-electron chi connectivity index (χ1n) is 10.3. The second kappa shape index (κ2) is 9.12. The molecule has 0 bridgehead atoms. The van der Waals surface area contributed by atoms with Crippen LogP contribution in [0.3, 0.4) is 0 Å². The summed E-state index contributed by atoms with van der Waals surface area (Å²) in [6, 6.07) is 12.2. The highest BCUT2D eigenvalue weighted by Crippen LogP contribution is 2.30. The molecule has 1 fully saturated rings. The lowest BCUT2D eigenvalue weighted by Gasteiger charge is -2.44. The second-order valence-electron chi connectivity index (χ2n) is 8.49. The van der Waals surface area contributed by atoms with E-state index in [9.17, 15) is 26.9 Å². The zero-order valence-corrected chi connectivity index (χ0v) is 19.0. The Hall–Kier alpha value is -2.57. The summed E-state index contributed by atoms with van der Waals surface area (Å²) < 4.78 is 62.7. The molecule has 9 heteroatoms. The lowest BCUT2D eigenvalue weighted by atomic mass is 9.98. The topological polar surface area (TPSA) is 64.4 Å². The smallest absolute Gasteiger partial charge is 0.369 e. The number of nitriles is 1. The molecule has 0 radical (unpaired) electrons. The molecule has 0 amide bonds. The molecule has 5 nitrogen and oxygen atoms in total. The fourth-order valence-corrected chi connectivity index (χ4v) is 4.90. The number of hydrogen-bond acceptors (Lipinski definition) is 5. The van der Waals surface area contributed by atoms with Crippen LogP contribution in [0, 0.1) is 17.2 Å². The van der Waals surface area contributed by atoms with E-state index in [1.807, 2.05) is 6.07 Å². The summed E-state index contributed by atoms with van der Waals surface area (Å²) in [6.07, 6.45) is -3.26. The Morgan fingerprint density at radius 1 is 1.12 bits per heavy atom. The van der Waals surface area contributed by atoms with Crippen LogP contribution < -0.4 is 4.90 Å². The highest BCUT2D eigenvalue weighted by molar-refractivity contribution is 7.90. The molecule has 0 saturated carbocycles. The van der Waals surface area contributed by atoms with E-state index in [4.69, 9.17) is 0 Å². The third kappa shape index (κ3) is 5.43. The van der Waals surface area contributed by atoms with Crippen LogP contribution in [0.25, 0.3) is 0 Å². The van der Waals surface area contributed by atoms with Crippen molar-refractivity contribution in [1.82, 2.24) is 4.90 Å². The van der Waals surface area contributed by atoms with E-state index in [2.05, 4.69) is 23.6 Å². The molecule has 1 aliphatic heterocycles. The van der Waals surface area contributed by atoms with E-state index < -0.39 is 21.6 Å².